The lowest BCUT2D eigenvalue weighted by Crippen LogP contribution is -2.19. The van der Waals surface area contributed by atoms with Gasteiger partial charge < -0.3 is 10.1 Å². The van der Waals surface area contributed by atoms with Crippen LogP contribution < -0.4 is 5.32 Å². The maximum atomic E-state index is 5.72. The molecular formula is C11H15N5O. The molecule has 1 saturated heterocycles. The van der Waals surface area contributed by atoms with E-state index < -0.39 is 0 Å². The van der Waals surface area contributed by atoms with Gasteiger partial charge in [0, 0.05) is 13.7 Å². The first-order valence-corrected chi connectivity index (χ1v) is 5.87. The summed E-state index contributed by atoms with van der Waals surface area (Å²) in [5.41, 5.74) is 0.830. The molecule has 0 radical (unpaired) electrons. The van der Waals surface area contributed by atoms with Crippen molar-refractivity contribution in [3.05, 3.63) is 12.5 Å². The molecule has 6 nitrogen and oxygen atoms in total. The molecule has 1 atom stereocenters. The maximum Gasteiger partial charge on any atom is 0.165 e. The van der Waals surface area contributed by atoms with E-state index in [0.29, 0.717) is 0 Å². The van der Waals surface area contributed by atoms with Gasteiger partial charge >= 0.3 is 0 Å². The van der Waals surface area contributed by atoms with Crippen molar-refractivity contribution in [1.82, 2.24) is 19.7 Å². The molecule has 1 aliphatic heterocycles. The van der Waals surface area contributed by atoms with E-state index in [2.05, 4.69) is 20.4 Å². The highest BCUT2D eigenvalue weighted by molar-refractivity contribution is 5.85. The van der Waals surface area contributed by atoms with Crippen molar-refractivity contribution in [2.24, 2.45) is 0 Å². The predicted molar refractivity (Wildman–Crippen MR) is 63.7 cm³/mol. The predicted octanol–water partition coefficient (Wildman–Crippen LogP) is 1.57. The zero-order valence-electron chi connectivity index (χ0n) is 9.76. The molecule has 6 heteroatoms. The van der Waals surface area contributed by atoms with Crippen LogP contribution in [0.2, 0.25) is 0 Å². The van der Waals surface area contributed by atoms with Gasteiger partial charge in [0.15, 0.2) is 11.9 Å². The Kier molecular flexibility index (Phi) is 2.64. The summed E-state index contributed by atoms with van der Waals surface area (Å²) in [4.78, 5) is 8.46. The van der Waals surface area contributed by atoms with E-state index in [1.807, 2.05) is 11.7 Å². The molecule has 2 aromatic heterocycles. The molecule has 1 aliphatic rings. The van der Waals surface area contributed by atoms with Crippen LogP contribution in [0.3, 0.4) is 0 Å². The molecule has 0 unspecified atom stereocenters. The summed E-state index contributed by atoms with van der Waals surface area (Å²) < 4.78 is 7.58. The average molecular weight is 233 g/mol. The average Bonchev–Trinajstić information content (AvgIpc) is 2.83. The van der Waals surface area contributed by atoms with Gasteiger partial charge in [-0.25, -0.2) is 14.6 Å². The van der Waals surface area contributed by atoms with Gasteiger partial charge in [-0.3, -0.25) is 0 Å². The van der Waals surface area contributed by atoms with Gasteiger partial charge in [0.2, 0.25) is 0 Å². The van der Waals surface area contributed by atoms with Crippen molar-refractivity contribution in [2.45, 2.75) is 25.5 Å². The van der Waals surface area contributed by atoms with E-state index >= 15 is 0 Å². The minimum absolute atomic E-state index is 0.0147. The zero-order valence-corrected chi connectivity index (χ0v) is 9.76. The molecule has 17 heavy (non-hydrogen) atoms. The second-order valence-electron chi connectivity index (χ2n) is 4.12. The van der Waals surface area contributed by atoms with Crippen LogP contribution in [-0.2, 0) is 4.74 Å². The molecular weight excluding hydrogens is 218 g/mol. The summed E-state index contributed by atoms with van der Waals surface area (Å²) in [5, 5.41) is 8.35. The monoisotopic (exact) mass is 233 g/mol. The molecule has 1 N–H and O–H groups in total. The van der Waals surface area contributed by atoms with E-state index in [9.17, 15) is 0 Å². The zero-order chi connectivity index (χ0) is 11.7. The lowest BCUT2D eigenvalue weighted by atomic mass is 10.2. The third-order valence-electron chi connectivity index (χ3n) is 3.06. The summed E-state index contributed by atoms with van der Waals surface area (Å²) in [6.07, 6.45) is 6.66. The van der Waals surface area contributed by atoms with Crippen LogP contribution in [0.5, 0.6) is 0 Å². The second kappa shape index (κ2) is 4.29. The minimum Gasteiger partial charge on any atom is -0.372 e. The number of hydrogen-bond donors (Lipinski definition) is 1. The largest absolute Gasteiger partial charge is 0.372 e. The molecule has 90 valence electrons. The number of fused-ring (bicyclic) bond motifs is 1. The molecule has 0 bridgehead atoms. The molecule has 0 aromatic carbocycles. The van der Waals surface area contributed by atoms with E-state index in [-0.39, 0.29) is 6.23 Å². The van der Waals surface area contributed by atoms with Crippen molar-refractivity contribution in [2.75, 3.05) is 19.0 Å². The molecule has 3 rings (SSSR count). The van der Waals surface area contributed by atoms with E-state index in [4.69, 9.17) is 4.74 Å². The van der Waals surface area contributed by atoms with E-state index in [1.54, 1.807) is 12.5 Å². The van der Waals surface area contributed by atoms with E-state index in [1.165, 1.54) is 6.42 Å². The minimum atomic E-state index is 0.0147. The van der Waals surface area contributed by atoms with Gasteiger partial charge in [-0.05, 0) is 19.3 Å². The Bertz CT molecular complexity index is 518. The number of nitrogens with one attached hydrogen (secondary N) is 1. The van der Waals surface area contributed by atoms with Gasteiger partial charge in [-0.1, -0.05) is 0 Å². The van der Waals surface area contributed by atoms with Crippen LogP contribution in [-0.4, -0.2) is 33.4 Å². The van der Waals surface area contributed by atoms with Crippen LogP contribution in [0.15, 0.2) is 12.5 Å². The quantitative estimate of drug-likeness (QED) is 0.852. The molecule has 2 aromatic rings. The fourth-order valence-electron chi connectivity index (χ4n) is 2.19. The maximum absolute atomic E-state index is 5.72. The SMILES string of the molecule is CNc1ncnc2c1cnn2[C@@H]1CCCCO1. The smallest absolute Gasteiger partial charge is 0.165 e. The lowest BCUT2D eigenvalue weighted by Gasteiger charge is -2.22. The number of aromatic nitrogens is 4. The van der Waals surface area contributed by atoms with Crippen molar-refractivity contribution < 1.29 is 4.74 Å². The molecule has 1 fully saturated rings. The van der Waals surface area contributed by atoms with Gasteiger partial charge in [-0.2, -0.15) is 5.10 Å². The van der Waals surface area contributed by atoms with Crippen molar-refractivity contribution >= 4 is 16.9 Å². The number of ether oxygens (including phenoxy) is 1. The first kappa shape index (κ1) is 10.5. The molecule has 3 heterocycles. The molecule has 0 aliphatic carbocycles. The Hall–Kier alpha value is -1.69. The summed E-state index contributed by atoms with van der Waals surface area (Å²) in [6.45, 7) is 0.802. The molecule has 0 saturated carbocycles. The highest BCUT2D eigenvalue weighted by Crippen LogP contribution is 2.26. The van der Waals surface area contributed by atoms with Gasteiger partial charge in [0.05, 0.1) is 11.6 Å². The Labute approximate surface area is 99.0 Å². The third kappa shape index (κ3) is 1.74. The Morgan fingerprint density at radius 1 is 1.41 bits per heavy atom. The molecule has 0 amide bonds. The number of anilines is 1. The number of hydrogen-bond acceptors (Lipinski definition) is 5. The van der Waals surface area contributed by atoms with Crippen molar-refractivity contribution in [3.63, 3.8) is 0 Å². The van der Waals surface area contributed by atoms with Crippen LogP contribution in [0.25, 0.3) is 11.0 Å². The Balaban J connectivity index is 2.05. The van der Waals surface area contributed by atoms with Crippen LogP contribution in [0.4, 0.5) is 5.82 Å². The summed E-state index contributed by atoms with van der Waals surface area (Å²) in [6, 6.07) is 0. The van der Waals surface area contributed by atoms with Crippen LogP contribution >= 0.6 is 0 Å². The van der Waals surface area contributed by atoms with E-state index in [0.717, 1.165) is 36.3 Å². The lowest BCUT2D eigenvalue weighted by molar-refractivity contribution is -0.0370. The number of rotatable bonds is 2. The van der Waals surface area contributed by atoms with Crippen molar-refractivity contribution in [1.29, 1.82) is 0 Å². The first-order valence-electron chi connectivity index (χ1n) is 5.87. The second-order valence-corrected chi connectivity index (χ2v) is 4.12. The van der Waals surface area contributed by atoms with Gasteiger partial charge in [-0.15, -0.1) is 0 Å². The topological polar surface area (TPSA) is 64.9 Å². The highest BCUT2D eigenvalue weighted by atomic mass is 16.5. The van der Waals surface area contributed by atoms with Crippen LogP contribution in [0, 0.1) is 0 Å². The number of nitrogens with zero attached hydrogens (tertiary/aromatic N) is 4. The summed E-state index contributed by atoms with van der Waals surface area (Å²) in [7, 11) is 1.84. The Morgan fingerprint density at radius 3 is 3.12 bits per heavy atom. The molecule has 0 spiro atoms. The normalized spacial score (nSPS) is 20.6. The van der Waals surface area contributed by atoms with Crippen LogP contribution in [0.1, 0.15) is 25.5 Å². The summed E-state index contributed by atoms with van der Waals surface area (Å²) in [5.74, 6) is 0.803. The third-order valence-corrected chi connectivity index (χ3v) is 3.06. The fraction of sp³-hybridized carbons (Fsp3) is 0.545. The van der Waals surface area contributed by atoms with Gasteiger partial charge in [0.1, 0.15) is 12.1 Å². The Morgan fingerprint density at radius 2 is 2.35 bits per heavy atom. The summed E-state index contributed by atoms with van der Waals surface area (Å²) >= 11 is 0. The van der Waals surface area contributed by atoms with Gasteiger partial charge in [0.25, 0.3) is 0 Å². The highest BCUT2D eigenvalue weighted by Gasteiger charge is 2.20. The van der Waals surface area contributed by atoms with Crippen molar-refractivity contribution in [3.8, 4) is 0 Å². The fourth-order valence-corrected chi connectivity index (χ4v) is 2.19. The standard InChI is InChI=1S/C11H15N5O/c1-12-10-8-6-15-16(11(8)14-7-13-10)9-4-2-3-5-17-9/h6-7,9H,2-5H2,1H3,(H,12,13,14)/t9-/m0/s1. The first-order chi connectivity index (χ1) is 8.40.